The van der Waals surface area contributed by atoms with Crippen molar-refractivity contribution >= 4 is 23.1 Å². The Morgan fingerprint density at radius 1 is 1.45 bits per heavy atom. The molecule has 2 rings (SSSR count). The van der Waals surface area contributed by atoms with E-state index in [2.05, 4.69) is 15.3 Å². The quantitative estimate of drug-likeness (QED) is 0.378. The van der Waals surface area contributed by atoms with Gasteiger partial charge in [-0.2, -0.15) is 0 Å². The molecule has 0 saturated heterocycles. The summed E-state index contributed by atoms with van der Waals surface area (Å²) in [5.74, 6) is 0.463. The summed E-state index contributed by atoms with van der Waals surface area (Å²) < 4.78 is 0. The van der Waals surface area contributed by atoms with Gasteiger partial charge >= 0.3 is 0 Å². The molecule has 0 unspecified atom stereocenters. The molecule has 8 heteroatoms. The maximum absolute atomic E-state index is 11.2. The normalized spacial score (nSPS) is 10.2. The van der Waals surface area contributed by atoms with Crippen LogP contribution in [0.2, 0.25) is 0 Å². The molecule has 1 heterocycles. The Morgan fingerprint density at radius 3 is 2.90 bits per heavy atom. The van der Waals surface area contributed by atoms with E-state index in [1.165, 1.54) is 36.2 Å². The van der Waals surface area contributed by atoms with E-state index in [0.717, 1.165) is 11.3 Å². The van der Waals surface area contributed by atoms with Crippen LogP contribution in [0.15, 0.2) is 40.4 Å². The smallest absolute Gasteiger partial charge is 0.269 e. The number of H-pyrrole nitrogens is 1. The second kappa shape index (κ2) is 6.20. The molecule has 0 amide bonds. The standard InChI is InChI=1S/C12H12N4O3S/c1-13-10-3-2-9(16(18)19)6-8(10)7-20-12-14-5-4-11(17)15-12/h2-6,13H,7H2,1H3,(H,14,15,17). The zero-order chi connectivity index (χ0) is 14.5. The van der Waals surface area contributed by atoms with Crippen molar-refractivity contribution in [2.45, 2.75) is 10.9 Å². The molecule has 0 radical (unpaired) electrons. The van der Waals surface area contributed by atoms with Crippen LogP contribution in [0.5, 0.6) is 0 Å². The van der Waals surface area contributed by atoms with Crippen LogP contribution in [-0.2, 0) is 5.75 Å². The molecule has 0 aliphatic rings. The number of benzene rings is 1. The van der Waals surface area contributed by atoms with Gasteiger partial charge in [0.15, 0.2) is 5.16 Å². The number of non-ortho nitro benzene ring substituents is 1. The van der Waals surface area contributed by atoms with Crippen LogP contribution in [0, 0.1) is 10.1 Å². The predicted octanol–water partition coefficient (Wildman–Crippen LogP) is 2.01. The molecule has 7 nitrogen and oxygen atoms in total. The minimum absolute atomic E-state index is 0.0362. The first-order valence-corrected chi connectivity index (χ1v) is 6.72. The first-order chi connectivity index (χ1) is 9.60. The zero-order valence-corrected chi connectivity index (χ0v) is 11.4. The second-order valence-corrected chi connectivity index (χ2v) is 4.84. The summed E-state index contributed by atoms with van der Waals surface area (Å²) in [7, 11) is 1.75. The van der Waals surface area contributed by atoms with Gasteiger partial charge in [0.25, 0.3) is 11.2 Å². The molecule has 0 aliphatic heterocycles. The van der Waals surface area contributed by atoms with Crippen molar-refractivity contribution in [2.75, 3.05) is 12.4 Å². The van der Waals surface area contributed by atoms with Gasteiger partial charge in [0.2, 0.25) is 0 Å². The largest absolute Gasteiger partial charge is 0.388 e. The monoisotopic (exact) mass is 292 g/mol. The highest BCUT2D eigenvalue weighted by Crippen LogP contribution is 2.27. The number of hydrogen-bond donors (Lipinski definition) is 2. The van der Waals surface area contributed by atoms with Crippen molar-refractivity contribution < 1.29 is 4.92 Å². The van der Waals surface area contributed by atoms with Gasteiger partial charge in [-0.3, -0.25) is 14.9 Å². The van der Waals surface area contributed by atoms with Gasteiger partial charge in [-0.25, -0.2) is 4.98 Å². The van der Waals surface area contributed by atoms with Gasteiger partial charge in [-0.05, 0) is 11.6 Å². The molecule has 2 aromatic rings. The third-order valence-corrected chi connectivity index (χ3v) is 3.52. The summed E-state index contributed by atoms with van der Waals surface area (Å²) >= 11 is 1.31. The van der Waals surface area contributed by atoms with E-state index in [1.807, 2.05) is 0 Å². The Bertz CT molecular complexity index is 686. The fraction of sp³-hybridized carbons (Fsp3) is 0.167. The third kappa shape index (κ3) is 3.35. The average Bonchev–Trinajstić information content (AvgIpc) is 2.44. The van der Waals surface area contributed by atoms with E-state index in [-0.39, 0.29) is 11.2 Å². The molecule has 1 aromatic heterocycles. The first kappa shape index (κ1) is 14.1. The highest BCUT2D eigenvalue weighted by molar-refractivity contribution is 7.98. The van der Waals surface area contributed by atoms with Gasteiger partial charge in [0, 0.05) is 42.9 Å². The summed E-state index contributed by atoms with van der Waals surface area (Å²) in [4.78, 5) is 28.1. The van der Waals surface area contributed by atoms with Crippen molar-refractivity contribution in [3.05, 3.63) is 56.5 Å². The van der Waals surface area contributed by atoms with Crippen molar-refractivity contribution in [1.82, 2.24) is 9.97 Å². The van der Waals surface area contributed by atoms with E-state index in [0.29, 0.717) is 10.9 Å². The Balaban J connectivity index is 2.21. The van der Waals surface area contributed by atoms with Crippen LogP contribution in [-0.4, -0.2) is 21.9 Å². The van der Waals surface area contributed by atoms with Gasteiger partial charge in [-0.1, -0.05) is 11.8 Å². The van der Waals surface area contributed by atoms with Crippen molar-refractivity contribution in [3.8, 4) is 0 Å². The molecule has 0 spiro atoms. The van der Waals surface area contributed by atoms with E-state index in [1.54, 1.807) is 13.1 Å². The Labute approximate surface area is 118 Å². The zero-order valence-electron chi connectivity index (χ0n) is 10.6. The molecule has 0 bridgehead atoms. The summed E-state index contributed by atoms with van der Waals surface area (Å²) in [6.07, 6.45) is 1.42. The maximum Gasteiger partial charge on any atom is 0.269 e. The molecule has 0 aliphatic carbocycles. The summed E-state index contributed by atoms with van der Waals surface area (Å²) in [6.45, 7) is 0. The fourth-order valence-corrected chi connectivity index (χ4v) is 2.47. The fourth-order valence-electron chi connectivity index (χ4n) is 1.63. The number of aromatic nitrogens is 2. The molecule has 0 atom stereocenters. The highest BCUT2D eigenvalue weighted by Gasteiger charge is 2.10. The molecule has 0 fully saturated rings. The molecular weight excluding hydrogens is 280 g/mol. The SMILES string of the molecule is CNc1ccc([N+](=O)[O-])cc1CSc1nccc(=O)[nH]1. The van der Waals surface area contributed by atoms with E-state index in [9.17, 15) is 14.9 Å². The number of nitrogens with zero attached hydrogens (tertiary/aromatic N) is 2. The van der Waals surface area contributed by atoms with Crippen LogP contribution >= 0.6 is 11.8 Å². The third-order valence-electron chi connectivity index (χ3n) is 2.58. The lowest BCUT2D eigenvalue weighted by molar-refractivity contribution is -0.384. The van der Waals surface area contributed by atoms with Gasteiger partial charge < -0.3 is 10.3 Å². The molecule has 104 valence electrons. The predicted molar refractivity (Wildman–Crippen MR) is 77.1 cm³/mol. The molecule has 20 heavy (non-hydrogen) atoms. The van der Waals surface area contributed by atoms with Crippen LogP contribution in [0.1, 0.15) is 5.56 Å². The second-order valence-electron chi connectivity index (χ2n) is 3.88. The minimum Gasteiger partial charge on any atom is -0.388 e. The van der Waals surface area contributed by atoms with Gasteiger partial charge in [-0.15, -0.1) is 0 Å². The Morgan fingerprint density at radius 2 is 2.25 bits per heavy atom. The van der Waals surface area contributed by atoms with E-state index >= 15 is 0 Å². The van der Waals surface area contributed by atoms with Crippen LogP contribution < -0.4 is 10.9 Å². The minimum atomic E-state index is -0.434. The van der Waals surface area contributed by atoms with Crippen LogP contribution in [0.3, 0.4) is 0 Å². The Hall–Kier alpha value is -2.35. The van der Waals surface area contributed by atoms with E-state index in [4.69, 9.17) is 0 Å². The molecule has 1 aromatic carbocycles. The lowest BCUT2D eigenvalue weighted by Crippen LogP contribution is -2.05. The van der Waals surface area contributed by atoms with Gasteiger partial charge in [0.1, 0.15) is 0 Å². The number of nitrogens with one attached hydrogen (secondary N) is 2. The topological polar surface area (TPSA) is 101 Å². The highest BCUT2D eigenvalue weighted by atomic mass is 32.2. The lowest BCUT2D eigenvalue weighted by atomic mass is 10.2. The number of nitro groups is 1. The first-order valence-electron chi connectivity index (χ1n) is 5.73. The lowest BCUT2D eigenvalue weighted by Gasteiger charge is -2.08. The molecule has 2 N–H and O–H groups in total. The summed E-state index contributed by atoms with van der Waals surface area (Å²) in [6, 6.07) is 5.95. The number of thioether (sulfide) groups is 1. The number of aromatic amines is 1. The van der Waals surface area contributed by atoms with Crippen molar-refractivity contribution in [1.29, 1.82) is 0 Å². The van der Waals surface area contributed by atoms with E-state index < -0.39 is 4.92 Å². The number of anilines is 1. The van der Waals surface area contributed by atoms with Crippen molar-refractivity contribution in [2.24, 2.45) is 0 Å². The maximum atomic E-state index is 11.2. The number of hydrogen-bond acceptors (Lipinski definition) is 6. The summed E-state index contributed by atoms with van der Waals surface area (Å²) in [5.41, 5.74) is 1.39. The van der Waals surface area contributed by atoms with Crippen LogP contribution in [0.4, 0.5) is 11.4 Å². The van der Waals surface area contributed by atoms with Gasteiger partial charge in [0.05, 0.1) is 4.92 Å². The molecular formula is C12H12N4O3S. The van der Waals surface area contributed by atoms with Crippen molar-refractivity contribution in [3.63, 3.8) is 0 Å². The van der Waals surface area contributed by atoms with Crippen LogP contribution in [0.25, 0.3) is 0 Å². The molecule has 0 saturated carbocycles. The average molecular weight is 292 g/mol. The summed E-state index contributed by atoms with van der Waals surface area (Å²) in [5, 5.41) is 14.2. The number of rotatable bonds is 5. The Kier molecular flexibility index (Phi) is 4.36. The number of nitro benzene ring substituents is 1.